The third-order valence-electron chi connectivity index (χ3n) is 2.97. The second kappa shape index (κ2) is 6.41. The third kappa shape index (κ3) is 3.25. The molecule has 0 rings (SSSR count). The van der Waals surface area contributed by atoms with Gasteiger partial charge < -0.3 is 4.43 Å². The molecule has 0 aliphatic heterocycles. The van der Waals surface area contributed by atoms with E-state index in [4.69, 9.17) is 4.43 Å². The van der Waals surface area contributed by atoms with E-state index in [1.807, 2.05) is 0 Å². The van der Waals surface area contributed by atoms with Gasteiger partial charge in [-0.2, -0.15) is 0 Å². The quantitative estimate of drug-likeness (QED) is 0.454. The minimum Gasteiger partial charge on any atom is -0.412 e. The van der Waals surface area contributed by atoms with Crippen LogP contribution in [0.5, 0.6) is 0 Å². The van der Waals surface area contributed by atoms with E-state index in [-0.39, 0.29) is 0 Å². The van der Waals surface area contributed by atoms with Crippen molar-refractivity contribution >= 4 is 8.32 Å². The Morgan fingerprint density at radius 2 is 1.71 bits per heavy atom. The molecule has 0 saturated carbocycles. The first kappa shape index (κ1) is 13.9. The van der Waals surface area contributed by atoms with Crippen LogP contribution in [0.2, 0.25) is 11.1 Å². The Bertz CT molecular complexity index is 156. The SMILES string of the molecule is C=C[Si](OCCCC)(C(C)C)C(C)C. The van der Waals surface area contributed by atoms with Gasteiger partial charge in [-0.05, 0) is 17.5 Å². The van der Waals surface area contributed by atoms with E-state index in [1.165, 1.54) is 12.8 Å². The fourth-order valence-corrected chi connectivity index (χ4v) is 5.48. The molecule has 0 aromatic carbocycles. The van der Waals surface area contributed by atoms with Crippen LogP contribution in [0.25, 0.3) is 0 Å². The van der Waals surface area contributed by atoms with E-state index in [2.05, 4.69) is 46.9 Å². The van der Waals surface area contributed by atoms with Crippen molar-refractivity contribution in [2.75, 3.05) is 6.61 Å². The van der Waals surface area contributed by atoms with Gasteiger partial charge in [-0.1, -0.05) is 46.7 Å². The molecule has 0 N–H and O–H groups in total. The summed E-state index contributed by atoms with van der Waals surface area (Å²) in [5.74, 6) is 0. The molecule has 0 heterocycles. The van der Waals surface area contributed by atoms with E-state index in [0.717, 1.165) is 6.61 Å². The van der Waals surface area contributed by atoms with Gasteiger partial charge in [0.05, 0.1) is 0 Å². The predicted octanol–water partition coefficient (Wildman–Crippen LogP) is 4.29. The normalized spacial score (nSPS) is 12.5. The van der Waals surface area contributed by atoms with Gasteiger partial charge in [-0.15, -0.1) is 6.58 Å². The largest absolute Gasteiger partial charge is 0.412 e. The fourth-order valence-electron chi connectivity index (χ4n) is 1.92. The maximum atomic E-state index is 6.16. The van der Waals surface area contributed by atoms with E-state index in [9.17, 15) is 0 Å². The summed E-state index contributed by atoms with van der Waals surface area (Å²) >= 11 is 0. The van der Waals surface area contributed by atoms with Crippen molar-refractivity contribution in [3.63, 3.8) is 0 Å². The highest BCUT2D eigenvalue weighted by atomic mass is 28.4. The van der Waals surface area contributed by atoms with Crippen molar-refractivity contribution in [2.45, 2.75) is 58.5 Å². The molecule has 0 aromatic heterocycles. The van der Waals surface area contributed by atoms with Gasteiger partial charge in [0.1, 0.15) is 0 Å². The van der Waals surface area contributed by atoms with Gasteiger partial charge in [0.15, 0.2) is 0 Å². The Morgan fingerprint density at radius 3 is 2.00 bits per heavy atom. The summed E-state index contributed by atoms with van der Waals surface area (Å²) in [7, 11) is -1.70. The number of hydrogen-bond acceptors (Lipinski definition) is 1. The highest BCUT2D eigenvalue weighted by Gasteiger charge is 2.38. The van der Waals surface area contributed by atoms with Crippen molar-refractivity contribution in [1.29, 1.82) is 0 Å². The lowest BCUT2D eigenvalue weighted by Crippen LogP contribution is -2.43. The van der Waals surface area contributed by atoms with E-state index >= 15 is 0 Å². The van der Waals surface area contributed by atoms with Gasteiger partial charge in [0, 0.05) is 6.61 Å². The number of rotatable bonds is 7. The summed E-state index contributed by atoms with van der Waals surface area (Å²) in [6, 6.07) is 0. The zero-order valence-electron chi connectivity index (χ0n) is 10.5. The molecular formula is C12H26OSi. The Balaban J connectivity index is 4.43. The van der Waals surface area contributed by atoms with Crippen LogP contribution in [0.3, 0.4) is 0 Å². The van der Waals surface area contributed by atoms with Crippen LogP contribution in [-0.2, 0) is 4.43 Å². The molecule has 0 fully saturated rings. The first-order valence-corrected chi connectivity index (χ1v) is 7.92. The Kier molecular flexibility index (Phi) is 6.37. The van der Waals surface area contributed by atoms with Crippen molar-refractivity contribution in [2.24, 2.45) is 0 Å². The zero-order chi connectivity index (χ0) is 11.2. The molecule has 0 radical (unpaired) electrons. The molecule has 0 saturated heterocycles. The van der Waals surface area contributed by atoms with Gasteiger partial charge in [0.25, 0.3) is 0 Å². The van der Waals surface area contributed by atoms with Crippen molar-refractivity contribution < 1.29 is 4.43 Å². The second-order valence-corrected chi connectivity index (χ2v) is 9.28. The smallest absolute Gasteiger partial charge is 0.221 e. The van der Waals surface area contributed by atoms with Gasteiger partial charge in [-0.3, -0.25) is 0 Å². The van der Waals surface area contributed by atoms with Crippen LogP contribution in [-0.4, -0.2) is 14.9 Å². The topological polar surface area (TPSA) is 9.23 Å². The molecule has 0 bridgehead atoms. The summed E-state index contributed by atoms with van der Waals surface area (Å²) in [4.78, 5) is 0. The molecule has 0 unspecified atom stereocenters. The van der Waals surface area contributed by atoms with E-state index in [1.54, 1.807) is 0 Å². The van der Waals surface area contributed by atoms with Crippen LogP contribution in [0.15, 0.2) is 12.3 Å². The van der Waals surface area contributed by atoms with E-state index in [0.29, 0.717) is 11.1 Å². The Labute approximate surface area is 90.7 Å². The molecule has 14 heavy (non-hydrogen) atoms. The lowest BCUT2D eigenvalue weighted by atomic mass is 10.4. The molecular weight excluding hydrogens is 188 g/mol. The lowest BCUT2D eigenvalue weighted by Gasteiger charge is -2.35. The van der Waals surface area contributed by atoms with Crippen LogP contribution in [0.1, 0.15) is 47.5 Å². The number of unbranched alkanes of at least 4 members (excludes halogenated alkanes) is 1. The van der Waals surface area contributed by atoms with Gasteiger partial charge in [-0.25, -0.2) is 0 Å². The molecule has 0 aliphatic rings. The second-order valence-electron chi connectivity index (χ2n) is 4.57. The number of hydrogen-bond donors (Lipinski definition) is 0. The monoisotopic (exact) mass is 214 g/mol. The Hall–Kier alpha value is -0.0831. The molecule has 0 aliphatic carbocycles. The molecule has 0 aromatic rings. The lowest BCUT2D eigenvalue weighted by molar-refractivity contribution is 0.286. The molecule has 0 atom stereocenters. The molecule has 2 heteroatoms. The Morgan fingerprint density at radius 1 is 1.21 bits per heavy atom. The maximum absolute atomic E-state index is 6.16. The molecule has 1 nitrogen and oxygen atoms in total. The van der Waals surface area contributed by atoms with Gasteiger partial charge >= 0.3 is 0 Å². The molecule has 0 spiro atoms. The first-order valence-electron chi connectivity index (χ1n) is 5.78. The predicted molar refractivity (Wildman–Crippen MR) is 67.0 cm³/mol. The van der Waals surface area contributed by atoms with E-state index < -0.39 is 8.32 Å². The van der Waals surface area contributed by atoms with Crippen molar-refractivity contribution in [1.82, 2.24) is 0 Å². The molecule has 0 amide bonds. The average molecular weight is 214 g/mol. The minimum absolute atomic E-state index is 0.622. The van der Waals surface area contributed by atoms with Crippen LogP contribution >= 0.6 is 0 Å². The summed E-state index contributed by atoms with van der Waals surface area (Å²) in [5.41, 5.74) is 3.37. The van der Waals surface area contributed by atoms with Gasteiger partial charge in [0.2, 0.25) is 8.32 Å². The van der Waals surface area contributed by atoms with Crippen molar-refractivity contribution in [3.05, 3.63) is 12.3 Å². The maximum Gasteiger partial charge on any atom is 0.221 e. The fraction of sp³-hybridized carbons (Fsp3) is 0.833. The third-order valence-corrected chi connectivity index (χ3v) is 7.93. The first-order chi connectivity index (χ1) is 6.51. The van der Waals surface area contributed by atoms with Crippen molar-refractivity contribution in [3.8, 4) is 0 Å². The summed E-state index contributed by atoms with van der Waals surface area (Å²) in [6.07, 6.45) is 2.37. The summed E-state index contributed by atoms with van der Waals surface area (Å²) < 4.78 is 6.16. The minimum atomic E-state index is -1.70. The summed E-state index contributed by atoms with van der Waals surface area (Å²) in [5, 5.41) is 0. The highest BCUT2D eigenvalue weighted by molar-refractivity contribution is 6.81. The van der Waals surface area contributed by atoms with Crippen LogP contribution < -0.4 is 0 Å². The average Bonchev–Trinajstić information content (AvgIpc) is 2.11. The van der Waals surface area contributed by atoms with Crippen LogP contribution in [0.4, 0.5) is 0 Å². The zero-order valence-corrected chi connectivity index (χ0v) is 11.5. The molecule has 84 valence electrons. The van der Waals surface area contributed by atoms with Crippen LogP contribution in [0, 0.1) is 0 Å². The summed E-state index contributed by atoms with van der Waals surface area (Å²) in [6.45, 7) is 16.2. The standard InChI is InChI=1S/C12H26OSi/c1-7-9-10-13-14(8-2,11(3)4)12(5)6/h8,11-12H,2,7,9-10H2,1,3-6H3. The highest BCUT2D eigenvalue weighted by Crippen LogP contribution is 2.34.